The van der Waals surface area contributed by atoms with Crippen molar-refractivity contribution in [3.8, 4) is 11.5 Å². The van der Waals surface area contributed by atoms with E-state index in [9.17, 15) is 0 Å². The summed E-state index contributed by atoms with van der Waals surface area (Å²) in [6, 6.07) is 3.73. The number of benzene rings is 1. The molecule has 0 aliphatic carbocycles. The van der Waals surface area contributed by atoms with Crippen molar-refractivity contribution in [2.24, 2.45) is 5.92 Å². The van der Waals surface area contributed by atoms with E-state index in [0.717, 1.165) is 24.2 Å². The molecule has 1 heterocycles. The fourth-order valence-electron chi connectivity index (χ4n) is 2.25. The van der Waals surface area contributed by atoms with Crippen molar-refractivity contribution in [2.45, 2.75) is 32.1 Å². The summed E-state index contributed by atoms with van der Waals surface area (Å²) in [5.74, 6) is 1.88. The Balaban J connectivity index is 2.32. The van der Waals surface area contributed by atoms with Gasteiger partial charge in [0.2, 0.25) is 0 Å². The van der Waals surface area contributed by atoms with Crippen molar-refractivity contribution in [3.63, 3.8) is 0 Å². The van der Waals surface area contributed by atoms with E-state index in [-0.39, 0.29) is 5.38 Å². The van der Waals surface area contributed by atoms with E-state index in [4.69, 9.17) is 32.7 Å². The lowest BCUT2D eigenvalue weighted by Crippen LogP contribution is -2.16. The second kappa shape index (κ2) is 6.03. The van der Waals surface area contributed by atoms with Crippen LogP contribution in [-0.2, 0) is 0 Å². The molecule has 0 radical (unpaired) electrons. The van der Waals surface area contributed by atoms with E-state index in [1.807, 2.05) is 12.1 Å². The van der Waals surface area contributed by atoms with E-state index in [1.54, 1.807) is 0 Å². The van der Waals surface area contributed by atoms with Crippen LogP contribution in [0.1, 0.15) is 37.6 Å². The van der Waals surface area contributed by atoms with Crippen LogP contribution < -0.4 is 9.47 Å². The molecule has 1 aliphatic rings. The van der Waals surface area contributed by atoms with E-state index in [1.165, 1.54) is 0 Å². The van der Waals surface area contributed by atoms with Gasteiger partial charge in [-0.3, -0.25) is 0 Å². The molecule has 18 heavy (non-hydrogen) atoms. The number of alkyl halides is 1. The minimum Gasteiger partial charge on any atom is -0.486 e. The average molecular weight is 289 g/mol. The molecular weight excluding hydrogens is 271 g/mol. The summed E-state index contributed by atoms with van der Waals surface area (Å²) in [6.45, 7) is 5.44. The lowest BCUT2D eigenvalue weighted by atomic mass is 9.93. The molecule has 4 heteroatoms. The summed E-state index contributed by atoms with van der Waals surface area (Å²) in [5, 5.41) is 0.578. The number of hydrogen-bond donors (Lipinski definition) is 0. The predicted molar refractivity (Wildman–Crippen MR) is 75.1 cm³/mol. The fraction of sp³-hybridized carbons (Fsp3) is 0.571. The molecular formula is C14H18Cl2O2. The van der Waals surface area contributed by atoms with Gasteiger partial charge in [-0.2, -0.15) is 0 Å². The van der Waals surface area contributed by atoms with Crippen LogP contribution in [0.25, 0.3) is 0 Å². The van der Waals surface area contributed by atoms with E-state index >= 15 is 0 Å². The van der Waals surface area contributed by atoms with Gasteiger partial charge in [0.1, 0.15) is 13.2 Å². The third-order valence-corrected chi connectivity index (χ3v) is 4.34. The van der Waals surface area contributed by atoms with Crippen LogP contribution in [0.3, 0.4) is 0 Å². The Kier molecular flexibility index (Phi) is 4.63. The molecule has 1 aromatic carbocycles. The molecule has 0 aromatic heterocycles. The van der Waals surface area contributed by atoms with Crippen LogP contribution in [0.4, 0.5) is 0 Å². The van der Waals surface area contributed by atoms with Gasteiger partial charge in [0.25, 0.3) is 0 Å². The van der Waals surface area contributed by atoms with Gasteiger partial charge in [-0.15, -0.1) is 11.6 Å². The van der Waals surface area contributed by atoms with Crippen molar-refractivity contribution in [2.75, 3.05) is 13.2 Å². The van der Waals surface area contributed by atoms with Crippen molar-refractivity contribution in [1.82, 2.24) is 0 Å². The van der Waals surface area contributed by atoms with Gasteiger partial charge in [0.15, 0.2) is 11.5 Å². The number of hydrogen-bond acceptors (Lipinski definition) is 2. The van der Waals surface area contributed by atoms with Crippen LogP contribution in [-0.4, -0.2) is 13.2 Å². The first-order valence-corrected chi connectivity index (χ1v) is 7.21. The second-order valence-corrected chi connectivity index (χ2v) is 5.37. The maximum atomic E-state index is 6.54. The molecule has 1 atom stereocenters. The third kappa shape index (κ3) is 2.70. The molecule has 0 amide bonds. The van der Waals surface area contributed by atoms with Gasteiger partial charge in [-0.1, -0.05) is 38.3 Å². The highest BCUT2D eigenvalue weighted by Gasteiger charge is 2.23. The SMILES string of the molecule is CCC(CC)C(Cl)c1cc2c(cc1Cl)OCCO2. The second-order valence-electron chi connectivity index (χ2n) is 4.50. The monoisotopic (exact) mass is 288 g/mol. The lowest BCUT2D eigenvalue weighted by molar-refractivity contribution is 0.171. The Morgan fingerprint density at radius 2 is 1.67 bits per heavy atom. The molecule has 0 saturated heterocycles. The molecule has 100 valence electrons. The normalized spacial score (nSPS) is 15.8. The van der Waals surface area contributed by atoms with Crippen LogP contribution in [0.2, 0.25) is 5.02 Å². The molecule has 0 saturated carbocycles. The van der Waals surface area contributed by atoms with Crippen LogP contribution in [0, 0.1) is 5.92 Å². The quantitative estimate of drug-likeness (QED) is 0.739. The summed E-state index contributed by atoms with van der Waals surface area (Å²) < 4.78 is 11.1. The third-order valence-electron chi connectivity index (χ3n) is 3.42. The van der Waals surface area contributed by atoms with Crippen molar-refractivity contribution in [3.05, 3.63) is 22.7 Å². The molecule has 0 fully saturated rings. The van der Waals surface area contributed by atoms with Crippen LogP contribution >= 0.6 is 23.2 Å². The highest BCUT2D eigenvalue weighted by atomic mass is 35.5. The van der Waals surface area contributed by atoms with Crippen molar-refractivity contribution in [1.29, 1.82) is 0 Å². The number of fused-ring (bicyclic) bond motifs is 1. The Labute approximate surface area is 118 Å². The summed E-state index contributed by atoms with van der Waals surface area (Å²) in [5.41, 5.74) is 0.941. The lowest BCUT2D eigenvalue weighted by Gasteiger charge is -2.24. The maximum absolute atomic E-state index is 6.54. The Bertz CT molecular complexity index is 417. The highest BCUT2D eigenvalue weighted by molar-refractivity contribution is 6.33. The number of ether oxygens (including phenoxy) is 2. The fourth-order valence-corrected chi connectivity index (χ4v) is 3.11. The van der Waals surface area contributed by atoms with Crippen LogP contribution in [0.5, 0.6) is 11.5 Å². The Hall–Kier alpha value is -0.600. The van der Waals surface area contributed by atoms with Gasteiger partial charge in [0.05, 0.1) is 5.38 Å². The number of rotatable bonds is 4. The molecule has 2 nitrogen and oxygen atoms in total. The van der Waals surface area contributed by atoms with Gasteiger partial charge >= 0.3 is 0 Å². The van der Waals surface area contributed by atoms with Gasteiger partial charge in [-0.05, 0) is 17.5 Å². The molecule has 0 spiro atoms. The molecule has 0 bridgehead atoms. The van der Waals surface area contributed by atoms with Crippen molar-refractivity contribution >= 4 is 23.2 Å². The average Bonchev–Trinajstić information content (AvgIpc) is 2.39. The molecule has 1 aliphatic heterocycles. The Morgan fingerprint density at radius 3 is 2.22 bits per heavy atom. The smallest absolute Gasteiger partial charge is 0.162 e. The van der Waals surface area contributed by atoms with Gasteiger partial charge < -0.3 is 9.47 Å². The zero-order chi connectivity index (χ0) is 13.1. The van der Waals surface area contributed by atoms with Gasteiger partial charge in [0, 0.05) is 11.1 Å². The first kappa shape index (κ1) is 13.8. The topological polar surface area (TPSA) is 18.5 Å². The molecule has 2 rings (SSSR count). The maximum Gasteiger partial charge on any atom is 0.162 e. The minimum atomic E-state index is -0.0803. The standard InChI is InChI=1S/C14H18Cl2O2/c1-3-9(4-2)14(16)10-7-12-13(8-11(10)15)18-6-5-17-12/h7-9,14H,3-6H2,1-2H3. The van der Waals surface area contributed by atoms with E-state index in [0.29, 0.717) is 29.9 Å². The largest absolute Gasteiger partial charge is 0.486 e. The summed E-state index contributed by atoms with van der Waals surface area (Å²) in [6.07, 6.45) is 2.07. The predicted octanol–water partition coefficient (Wildman–Crippen LogP) is 4.83. The first-order chi connectivity index (χ1) is 8.67. The van der Waals surface area contributed by atoms with Crippen LogP contribution in [0.15, 0.2) is 12.1 Å². The first-order valence-electron chi connectivity index (χ1n) is 6.40. The zero-order valence-electron chi connectivity index (χ0n) is 10.7. The Morgan fingerprint density at radius 1 is 1.11 bits per heavy atom. The van der Waals surface area contributed by atoms with E-state index in [2.05, 4.69) is 13.8 Å². The highest BCUT2D eigenvalue weighted by Crippen LogP contribution is 2.43. The summed E-state index contributed by atoms with van der Waals surface area (Å²) in [7, 11) is 0. The molecule has 1 aromatic rings. The number of halogens is 2. The minimum absolute atomic E-state index is 0.0803. The van der Waals surface area contributed by atoms with Gasteiger partial charge in [-0.25, -0.2) is 0 Å². The summed E-state index contributed by atoms with van der Waals surface area (Å²) >= 11 is 12.8. The van der Waals surface area contributed by atoms with Crippen molar-refractivity contribution < 1.29 is 9.47 Å². The summed E-state index contributed by atoms with van der Waals surface area (Å²) in [4.78, 5) is 0. The molecule has 0 N–H and O–H groups in total. The van der Waals surface area contributed by atoms with E-state index < -0.39 is 0 Å². The molecule has 1 unspecified atom stereocenters. The zero-order valence-corrected chi connectivity index (χ0v) is 12.2.